The number of nitrogens with zero attached hydrogens (tertiary/aromatic N) is 1. The van der Waals surface area contributed by atoms with E-state index in [1.165, 1.54) is 12.1 Å². The summed E-state index contributed by atoms with van der Waals surface area (Å²) >= 11 is 1.57. The second-order valence-electron chi connectivity index (χ2n) is 5.80. The van der Waals surface area contributed by atoms with Gasteiger partial charge in [-0.1, -0.05) is 19.4 Å². The summed E-state index contributed by atoms with van der Waals surface area (Å²) in [5.41, 5.74) is 1.09. The van der Waals surface area contributed by atoms with Crippen molar-refractivity contribution in [1.82, 2.24) is 4.98 Å². The van der Waals surface area contributed by atoms with E-state index in [1.807, 2.05) is 0 Å². The summed E-state index contributed by atoms with van der Waals surface area (Å²) in [6, 6.07) is 6.00. The maximum atomic E-state index is 14.3. The summed E-state index contributed by atoms with van der Waals surface area (Å²) in [5, 5.41) is 18.3. The number of rotatable bonds is 10. The molecule has 4 nitrogen and oxygen atoms in total. The molecule has 0 spiro atoms. The molecular formula is C19H23F2NO3S. The van der Waals surface area contributed by atoms with E-state index < -0.39 is 23.7 Å². The van der Waals surface area contributed by atoms with Crippen LogP contribution in [0.2, 0.25) is 0 Å². The SMILES string of the molecule is CCCCSc1ncccc1-c1cc(F)c(OCCCC(O)O)c(F)c1. The van der Waals surface area contributed by atoms with Crippen LogP contribution in [-0.4, -0.2) is 33.8 Å². The van der Waals surface area contributed by atoms with Crippen molar-refractivity contribution in [2.24, 2.45) is 0 Å². The first kappa shape index (κ1) is 20.6. The van der Waals surface area contributed by atoms with Gasteiger partial charge in [0.15, 0.2) is 23.7 Å². The van der Waals surface area contributed by atoms with Crippen LogP contribution in [-0.2, 0) is 0 Å². The molecule has 0 saturated heterocycles. The Morgan fingerprint density at radius 1 is 1.19 bits per heavy atom. The molecule has 0 unspecified atom stereocenters. The molecule has 0 amide bonds. The molecule has 142 valence electrons. The van der Waals surface area contributed by atoms with E-state index in [0.29, 0.717) is 11.1 Å². The van der Waals surface area contributed by atoms with Crippen LogP contribution < -0.4 is 4.74 Å². The van der Waals surface area contributed by atoms with E-state index in [9.17, 15) is 8.78 Å². The first-order chi connectivity index (χ1) is 12.5. The van der Waals surface area contributed by atoms with Crippen molar-refractivity contribution in [3.8, 4) is 16.9 Å². The van der Waals surface area contributed by atoms with Crippen LogP contribution in [0.4, 0.5) is 8.78 Å². The number of thioether (sulfide) groups is 1. The molecule has 26 heavy (non-hydrogen) atoms. The van der Waals surface area contributed by atoms with Crippen molar-refractivity contribution in [2.45, 2.75) is 43.9 Å². The first-order valence-electron chi connectivity index (χ1n) is 8.59. The maximum absolute atomic E-state index is 14.3. The number of pyridine rings is 1. The molecule has 0 fully saturated rings. The number of hydrogen-bond acceptors (Lipinski definition) is 5. The molecule has 0 aliphatic rings. The molecule has 2 N–H and O–H groups in total. The largest absolute Gasteiger partial charge is 0.488 e. The maximum Gasteiger partial charge on any atom is 0.190 e. The zero-order valence-electron chi connectivity index (χ0n) is 14.6. The standard InChI is InChI=1S/C19H23F2NO3S/c1-2-3-10-26-19-14(6-4-8-22-19)13-11-15(20)18(16(21)12-13)25-9-5-7-17(23)24/h4,6,8,11-12,17,23-24H,2-3,5,7,9-10H2,1H3. The molecule has 7 heteroatoms. The lowest BCUT2D eigenvalue weighted by molar-refractivity contribution is -0.0480. The van der Waals surface area contributed by atoms with Gasteiger partial charge in [-0.25, -0.2) is 13.8 Å². The van der Waals surface area contributed by atoms with Crippen LogP contribution in [0.15, 0.2) is 35.5 Å². The van der Waals surface area contributed by atoms with Gasteiger partial charge < -0.3 is 14.9 Å². The van der Waals surface area contributed by atoms with E-state index in [1.54, 1.807) is 30.1 Å². The average molecular weight is 383 g/mol. The fourth-order valence-corrected chi connectivity index (χ4v) is 3.44. The predicted molar refractivity (Wildman–Crippen MR) is 98.2 cm³/mol. The third-order valence-corrected chi connectivity index (χ3v) is 4.76. The topological polar surface area (TPSA) is 62.6 Å². The average Bonchev–Trinajstić information content (AvgIpc) is 2.60. The van der Waals surface area contributed by atoms with Crippen molar-refractivity contribution >= 4 is 11.8 Å². The Bertz CT molecular complexity index is 690. The molecule has 1 aromatic heterocycles. The van der Waals surface area contributed by atoms with Crippen molar-refractivity contribution in [1.29, 1.82) is 0 Å². The Labute approximate surface area is 156 Å². The van der Waals surface area contributed by atoms with E-state index in [4.69, 9.17) is 14.9 Å². The number of ether oxygens (including phenoxy) is 1. The molecule has 0 bridgehead atoms. The van der Waals surface area contributed by atoms with E-state index in [-0.39, 0.29) is 19.4 Å². The minimum Gasteiger partial charge on any atom is -0.488 e. The van der Waals surface area contributed by atoms with Gasteiger partial charge in [-0.15, -0.1) is 11.8 Å². The monoisotopic (exact) mass is 383 g/mol. The van der Waals surface area contributed by atoms with Crippen LogP contribution in [0.5, 0.6) is 5.75 Å². The first-order valence-corrected chi connectivity index (χ1v) is 9.57. The van der Waals surface area contributed by atoms with Gasteiger partial charge in [0.05, 0.1) is 6.61 Å². The van der Waals surface area contributed by atoms with Crippen LogP contribution in [0, 0.1) is 11.6 Å². The summed E-state index contributed by atoms with van der Waals surface area (Å²) < 4.78 is 33.8. The number of benzene rings is 1. The Kier molecular flexibility index (Phi) is 8.28. The van der Waals surface area contributed by atoms with Gasteiger partial charge in [-0.2, -0.15) is 0 Å². The zero-order chi connectivity index (χ0) is 18.9. The summed E-state index contributed by atoms with van der Waals surface area (Å²) in [5.74, 6) is -1.15. The number of aliphatic hydroxyl groups excluding tert-OH is 1. The molecule has 0 aliphatic carbocycles. The van der Waals surface area contributed by atoms with Crippen molar-refractivity contribution in [2.75, 3.05) is 12.4 Å². The molecule has 1 heterocycles. The van der Waals surface area contributed by atoms with Gasteiger partial charge in [0.2, 0.25) is 0 Å². The van der Waals surface area contributed by atoms with Crippen LogP contribution in [0.3, 0.4) is 0 Å². The van der Waals surface area contributed by atoms with Gasteiger partial charge in [0.25, 0.3) is 0 Å². The normalized spacial score (nSPS) is 11.2. The van der Waals surface area contributed by atoms with Gasteiger partial charge in [-0.3, -0.25) is 0 Å². The molecule has 2 aromatic rings. The summed E-state index contributed by atoms with van der Waals surface area (Å²) in [7, 11) is 0. The summed E-state index contributed by atoms with van der Waals surface area (Å²) in [4.78, 5) is 4.33. The quantitative estimate of drug-likeness (QED) is 0.362. The molecule has 0 atom stereocenters. The van der Waals surface area contributed by atoms with Crippen LogP contribution in [0.1, 0.15) is 32.6 Å². The van der Waals surface area contributed by atoms with Gasteiger partial charge in [0, 0.05) is 18.2 Å². The second kappa shape index (κ2) is 10.4. The van der Waals surface area contributed by atoms with Gasteiger partial charge >= 0.3 is 0 Å². The van der Waals surface area contributed by atoms with Gasteiger partial charge in [0.1, 0.15) is 5.03 Å². The molecular weight excluding hydrogens is 360 g/mol. The fraction of sp³-hybridized carbons (Fsp3) is 0.421. The van der Waals surface area contributed by atoms with E-state index in [2.05, 4.69) is 11.9 Å². The van der Waals surface area contributed by atoms with E-state index in [0.717, 1.165) is 23.6 Å². The molecule has 0 radical (unpaired) electrons. The van der Waals surface area contributed by atoms with Gasteiger partial charge in [-0.05, 0) is 42.4 Å². The van der Waals surface area contributed by atoms with Crippen LogP contribution >= 0.6 is 11.8 Å². The Hall–Kier alpha value is -1.70. The number of unbranched alkanes of at least 4 members (excludes halogenated alkanes) is 1. The minimum atomic E-state index is -1.45. The fourth-order valence-electron chi connectivity index (χ4n) is 2.33. The number of aliphatic hydroxyl groups is 2. The van der Waals surface area contributed by atoms with Crippen molar-refractivity contribution < 1.29 is 23.7 Å². The Morgan fingerprint density at radius 2 is 1.92 bits per heavy atom. The highest BCUT2D eigenvalue weighted by molar-refractivity contribution is 7.99. The van der Waals surface area contributed by atoms with Crippen LogP contribution in [0.25, 0.3) is 11.1 Å². The molecule has 2 rings (SSSR count). The minimum absolute atomic E-state index is 0.00415. The Morgan fingerprint density at radius 3 is 2.58 bits per heavy atom. The molecule has 0 aliphatic heterocycles. The summed E-state index contributed by atoms with van der Waals surface area (Å²) in [6.07, 6.45) is 2.67. The lowest BCUT2D eigenvalue weighted by Crippen LogP contribution is -2.08. The predicted octanol–water partition coefficient (Wildman–Crippen LogP) is 4.39. The Balaban J connectivity index is 2.16. The lowest BCUT2D eigenvalue weighted by atomic mass is 10.1. The van der Waals surface area contributed by atoms with E-state index >= 15 is 0 Å². The zero-order valence-corrected chi connectivity index (χ0v) is 15.4. The lowest BCUT2D eigenvalue weighted by Gasteiger charge is -2.12. The highest BCUT2D eigenvalue weighted by atomic mass is 32.2. The highest BCUT2D eigenvalue weighted by Gasteiger charge is 2.16. The van der Waals surface area contributed by atoms with Crippen molar-refractivity contribution in [3.63, 3.8) is 0 Å². The highest BCUT2D eigenvalue weighted by Crippen LogP contribution is 2.34. The smallest absolute Gasteiger partial charge is 0.190 e. The second-order valence-corrected chi connectivity index (χ2v) is 6.88. The number of aromatic nitrogens is 1. The number of hydrogen-bond donors (Lipinski definition) is 2. The van der Waals surface area contributed by atoms with Crippen molar-refractivity contribution in [3.05, 3.63) is 42.1 Å². The molecule has 0 saturated carbocycles. The molecule has 1 aromatic carbocycles. The third kappa shape index (κ3) is 5.93. The number of halogens is 2. The summed E-state index contributed by atoms with van der Waals surface area (Å²) in [6.45, 7) is 2.10. The third-order valence-electron chi connectivity index (χ3n) is 3.67.